The fourth-order valence-electron chi connectivity index (χ4n) is 1.95. The first-order chi connectivity index (χ1) is 10.1. The summed E-state index contributed by atoms with van der Waals surface area (Å²) in [6.07, 6.45) is 2.69. The van der Waals surface area contributed by atoms with E-state index >= 15 is 0 Å². The van der Waals surface area contributed by atoms with Crippen LogP contribution in [0.1, 0.15) is 5.56 Å². The average molecular weight is 290 g/mol. The van der Waals surface area contributed by atoms with Crippen LogP contribution in [-0.4, -0.2) is 38.4 Å². The lowest BCUT2D eigenvalue weighted by molar-refractivity contribution is -0.143. The molecule has 1 saturated heterocycles. The summed E-state index contributed by atoms with van der Waals surface area (Å²) < 4.78 is 14.8. The summed E-state index contributed by atoms with van der Waals surface area (Å²) in [4.78, 5) is 34.5. The Morgan fingerprint density at radius 1 is 1.24 bits per heavy atom. The van der Waals surface area contributed by atoms with E-state index in [1.165, 1.54) is 26.4 Å². The highest BCUT2D eigenvalue weighted by Crippen LogP contribution is 2.28. The zero-order valence-corrected chi connectivity index (χ0v) is 11.6. The number of cyclic esters (lactones) is 1. The summed E-state index contributed by atoms with van der Waals surface area (Å²) in [5.74, 6) is -2.14. The number of hydrogen-bond acceptors (Lipinski definition) is 6. The second kappa shape index (κ2) is 6.21. The number of benzene rings is 1. The van der Waals surface area contributed by atoms with Crippen LogP contribution in [0.2, 0.25) is 0 Å². The Kier molecular flexibility index (Phi) is 4.37. The van der Waals surface area contributed by atoms with Crippen molar-refractivity contribution >= 4 is 23.6 Å². The van der Waals surface area contributed by atoms with Gasteiger partial charge < -0.3 is 14.2 Å². The maximum absolute atomic E-state index is 11.9. The molecule has 1 aromatic carbocycles. The van der Waals surface area contributed by atoms with Crippen LogP contribution in [0.3, 0.4) is 0 Å². The number of ether oxygens (including phenoxy) is 3. The minimum absolute atomic E-state index is 0.334. The quantitative estimate of drug-likeness (QED) is 0.458. The topological polar surface area (TPSA) is 78.9 Å². The molecule has 0 aromatic heterocycles. The van der Waals surface area contributed by atoms with Gasteiger partial charge in [-0.15, -0.1) is 0 Å². The predicted molar refractivity (Wildman–Crippen MR) is 73.0 cm³/mol. The molecule has 0 saturated carbocycles. The van der Waals surface area contributed by atoms with E-state index < -0.39 is 23.5 Å². The number of rotatable bonds is 5. The number of methoxy groups -OCH3 is 2. The molecular formula is C15H14O6. The molecule has 1 aliphatic rings. The molecule has 0 N–H and O–H groups in total. The zero-order valence-electron chi connectivity index (χ0n) is 11.6. The smallest absolute Gasteiger partial charge is 0.325 e. The number of Topliss-reactive ketones (excluding diaryl/α,β-unsaturated/α-hetero) is 1. The van der Waals surface area contributed by atoms with Crippen LogP contribution in [0.5, 0.6) is 11.5 Å². The van der Waals surface area contributed by atoms with Crippen molar-refractivity contribution in [2.24, 2.45) is 5.92 Å². The van der Waals surface area contributed by atoms with Crippen LogP contribution < -0.4 is 9.47 Å². The summed E-state index contributed by atoms with van der Waals surface area (Å²) in [6, 6.07) is 5.09. The lowest BCUT2D eigenvalue weighted by Crippen LogP contribution is -2.23. The minimum atomic E-state index is -1.33. The number of carbonyl (C=O) groups excluding carboxylic acids is 3. The molecule has 0 amide bonds. The summed E-state index contributed by atoms with van der Waals surface area (Å²) in [5.41, 5.74) is 0.680. The summed E-state index contributed by atoms with van der Waals surface area (Å²) in [5, 5.41) is 0. The molecule has 2 rings (SSSR count). The van der Waals surface area contributed by atoms with Gasteiger partial charge in [0, 0.05) is 0 Å². The van der Waals surface area contributed by atoms with Gasteiger partial charge in [0.25, 0.3) is 0 Å². The summed E-state index contributed by atoms with van der Waals surface area (Å²) >= 11 is 0. The van der Waals surface area contributed by atoms with E-state index in [0.29, 0.717) is 17.1 Å². The van der Waals surface area contributed by atoms with Gasteiger partial charge in [-0.3, -0.25) is 14.4 Å². The van der Waals surface area contributed by atoms with E-state index in [1.54, 1.807) is 18.2 Å². The highest BCUT2D eigenvalue weighted by Gasteiger charge is 2.39. The molecule has 1 heterocycles. The van der Waals surface area contributed by atoms with E-state index in [0.717, 1.165) is 0 Å². The molecule has 1 fully saturated rings. The number of ketones is 2. The Hall–Kier alpha value is -2.63. The Balaban J connectivity index is 2.15. The second-order valence-electron chi connectivity index (χ2n) is 4.36. The SMILES string of the molecule is COc1ccc(/C=C/C(=O)[C@@H]2C(=O)COC2=O)cc1OC. The molecule has 0 unspecified atom stereocenters. The van der Waals surface area contributed by atoms with Crippen molar-refractivity contribution in [2.75, 3.05) is 20.8 Å². The maximum atomic E-state index is 11.9. The Bertz CT molecular complexity index is 601. The van der Waals surface area contributed by atoms with Gasteiger partial charge in [0.1, 0.15) is 0 Å². The molecule has 6 heteroatoms. The van der Waals surface area contributed by atoms with E-state index in [1.807, 2.05) is 0 Å². The lowest BCUT2D eigenvalue weighted by atomic mass is 10.0. The van der Waals surface area contributed by atoms with Crippen LogP contribution in [-0.2, 0) is 19.1 Å². The normalized spacial score (nSPS) is 17.9. The Morgan fingerprint density at radius 2 is 1.95 bits per heavy atom. The van der Waals surface area contributed by atoms with E-state index in [2.05, 4.69) is 4.74 Å². The Morgan fingerprint density at radius 3 is 2.52 bits per heavy atom. The molecule has 1 aromatic rings. The first kappa shape index (κ1) is 14.8. The Labute approximate surface area is 121 Å². The molecule has 21 heavy (non-hydrogen) atoms. The first-order valence-electron chi connectivity index (χ1n) is 6.20. The largest absolute Gasteiger partial charge is 0.493 e. The second-order valence-corrected chi connectivity index (χ2v) is 4.36. The highest BCUT2D eigenvalue weighted by atomic mass is 16.5. The average Bonchev–Trinajstić information content (AvgIpc) is 2.83. The van der Waals surface area contributed by atoms with E-state index in [-0.39, 0.29) is 6.61 Å². The van der Waals surface area contributed by atoms with Crippen molar-refractivity contribution in [1.82, 2.24) is 0 Å². The van der Waals surface area contributed by atoms with Crippen LogP contribution >= 0.6 is 0 Å². The van der Waals surface area contributed by atoms with Gasteiger partial charge >= 0.3 is 5.97 Å². The van der Waals surface area contributed by atoms with Crippen molar-refractivity contribution in [3.63, 3.8) is 0 Å². The van der Waals surface area contributed by atoms with Crippen molar-refractivity contribution in [1.29, 1.82) is 0 Å². The van der Waals surface area contributed by atoms with Crippen LogP contribution in [0.4, 0.5) is 0 Å². The molecule has 110 valence electrons. The summed E-state index contributed by atoms with van der Waals surface area (Å²) in [7, 11) is 3.03. The molecule has 1 aliphatic heterocycles. The molecule has 1 atom stereocenters. The molecule has 0 spiro atoms. The minimum Gasteiger partial charge on any atom is -0.493 e. The van der Waals surface area contributed by atoms with Gasteiger partial charge in [0.15, 0.2) is 35.6 Å². The van der Waals surface area contributed by atoms with Crippen molar-refractivity contribution in [2.45, 2.75) is 0 Å². The van der Waals surface area contributed by atoms with Gasteiger partial charge in [0.2, 0.25) is 0 Å². The van der Waals surface area contributed by atoms with Crippen molar-refractivity contribution in [3.05, 3.63) is 29.8 Å². The molecule has 0 radical (unpaired) electrons. The zero-order chi connectivity index (χ0) is 15.4. The number of esters is 1. The van der Waals surface area contributed by atoms with Crippen LogP contribution in [0.25, 0.3) is 6.08 Å². The standard InChI is InChI=1S/C15H14O6/c1-19-12-6-4-9(7-13(12)20-2)3-5-10(16)14-11(17)8-21-15(14)18/h3-7,14H,8H2,1-2H3/b5-3+/t14-/m1/s1. The van der Waals surface area contributed by atoms with Gasteiger partial charge in [-0.25, -0.2) is 0 Å². The number of carbonyl (C=O) groups is 3. The highest BCUT2D eigenvalue weighted by molar-refractivity contribution is 6.24. The van der Waals surface area contributed by atoms with Crippen molar-refractivity contribution < 1.29 is 28.6 Å². The lowest BCUT2D eigenvalue weighted by Gasteiger charge is -2.07. The van der Waals surface area contributed by atoms with Crippen LogP contribution in [0, 0.1) is 5.92 Å². The van der Waals surface area contributed by atoms with Crippen LogP contribution in [0.15, 0.2) is 24.3 Å². The maximum Gasteiger partial charge on any atom is 0.325 e. The fourth-order valence-corrected chi connectivity index (χ4v) is 1.95. The fraction of sp³-hybridized carbons (Fsp3) is 0.267. The monoisotopic (exact) mass is 290 g/mol. The third-order valence-corrected chi connectivity index (χ3v) is 3.05. The van der Waals surface area contributed by atoms with E-state index in [4.69, 9.17) is 9.47 Å². The molecule has 0 bridgehead atoms. The molecule has 0 aliphatic carbocycles. The first-order valence-corrected chi connectivity index (χ1v) is 6.20. The number of allylic oxidation sites excluding steroid dienone is 1. The van der Waals surface area contributed by atoms with Gasteiger partial charge in [-0.2, -0.15) is 0 Å². The van der Waals surface area contributed by atoms with E-state index in [9.17, 15) is 14.4 Å². The molecular weight excluding hydrogens is 276 g/mol. The molecule has 6 nitrogen and oxygen atoms in total. The number of hydrogen-bond donors (Lipinski definition) is 0. The third-order valence-electron chi connectivity index (χ3n) is 3.05. The van der Waals surface area contributed by atoms with Gasteiger partial charge in [-0.1, -0.05) is 12.1 Å². The van der Waals surface area contributed by atoms with Crippen molar-refractivity contribution in [3.8, 4) is 11.5 Å². The van der Waals surface area contributed by atoms with Gasteiger partial charge in [0.05, 0.1) is 14.2 Å². The van der Waals surface area contributed by atoms with Gasteiger partial charge in [-0.05, 0) is 23.8 Å². The third kappa shape index (κ3) is 3.10. The predicted octanol–water partition coefficient (Wildman–Crippen LogP) is 1.03. The summed E-state index contributed by atoms with van der Waals surface area (Å²) in [6.45, 7) is -0.334.